The number of nitrogens with two attached hydrogens (primary N) is 1. The van der Waals surface area contributed by atoms with Crippen molar-refractivity contribution in [1.82, 2.24) is 15.4 Å². The summed E-state index contributed by atoms with van der Waals surface area (Å²) >= 11 is 0. The van der Waals surface area contributed by atoms with E-state index in [0.29, 0.717) is 5.56 Å². The summed E-state index contributed by atoms with van der Waals surface area (Å²) in [6, 6.07) is 8.40. The maximum absolute atomic E-state index is 12.2. The molecule has 1 aromatic rings. The van der Waals surface area contributed by atoms with Crippen molar-refractivity contribution in [3.63, 3.8) is 0 Å². The third-order valence-corrected chi connectivity index (χ3v) is 3.56. The van der Waals surface area contributed by atoms with Crippen molar-refractivity contribution < 1.29 is 9.59 Å². The predicted molar refractivity (Wildman–Crippen MR) is 92.9 cm³/mol. The molecule has 0 fully saturated rings. The summed E-state index contributed by atoms with van der Waals surface area (Å²) < 4.78 is 0. The summed E-state index contributed by atoms with van der Waals surface area (Å²) in [7, 11) is 0. The van der Waals surface area contributed by atoms with E-state index in [1.54, 1.807) is 24.3 Å². The van der Waals surface area contributed by atoms with Crippen LogP contribution in [0.25, 0.3) is 0 Å². The third-order valence-electron chi connectivity index (χ3n) is 3.56. The number of carbonyl (C=O) groups is 2. The van der Waals surface area contributed by atoms with E-state index in [-0.39, 0.29) is 49.0 Å². The molecule has 0 bridgehead atoms. The van der Waals surface area contributed by atoms with E-state index in [0.717, 1.165) is 0 Å². The summed E-state index contributed by atoms with van der Waals surface area (Å²) in [5.74, 6) is 2.49. The second kappa shape index (κ2) is 6.84. The van der Waals surface area contributed by atoms with Gasteiger partial charge < -0.3 is 5.73 Å². The molecule has 9 nitrogen and oxygen atoms in total. The number of rotatable bonds is 5. The Morgan fingerprint density at radius 2 is 2.16 bits per heavy atom. The van der Waals surface area contributed by atoms with Gasteiger partial charge in [0.15, 0.2) is 11.6 Å². The van der Waals surface area contributed by atoms with Gasteiger partial charge in [0.25, 0.3) is 0 Å². The molecule has 9 heteroatoms. The van der Waals surface area contributed by atoms with Crippen molar-refractivity contribution in [2.45, 2.75) is 0 Å². The van der Waals surface area contributed by atoms with Crippen LogP contribution in [-0.4, -0.2) is 58.9 Å². The van der Waals surface area contributed by atoms with Gasteiger partial charge in [-0.05, 0) is 0 Å². The van der Waals surface area contributed by atoms with Crippen LogP contribution in [-0.2, 0) is 0 Å². The Balaban J connectivity index is 1.71. The molecule has 3 rings (SSSR count). The van der Waals surface area contributed by atoms with Crippen molar-refractivity contribution in [1.29, 1.82) is 0 Å². The summed E-state index contributed by atoms with van der Waals surface area (Å²) in [5.41, 5.74) is 9.28. The molecule has 126 valence electrons. The van der Waals surface area contributed by atoms with E-state index < -0.39 is 0 Å². The summed E-state index contributed by atoms with van der Waals surface area (Å²) in [6.07, 6.45) is 5.20. The van der Waals surface area contributed by atoms with Crippen LogP contribution in [0.2, 0.25) is 0 Å². The molecule has 2 aliphatic rings. The fraction of sp³-hybridized carbons (Fsp3) is 0.188. The number of hydrazone groups is 1. The minimum atomic E-state index is -0.380. The highest BCUT2D eigenvalue weighted by Gasteiger charge is 2.36. The largest absolute Gasteiger partial charge is 0.382 e. The maximum atomic E-state index is 12.2. The number of urea groups is 1. The number of hydrazine groups is 1. The first-order valence-electron chi connectivity index (χ1n) is 7.41. The van der Waals surface area contributed by atoms with Crippen molar-refractivity contribution in [2.75, 3.05) is 19.8 Å². The monoisotopic (exact) mass is 337 g/mol. The number of terminal acetylenes is 1. The number of Topliss-reactive ketones (excluding diaryl/α,β-unsaturated/α-hetero) is 1. The second-order valence-corrected chi connectivity index (χ2v) is 5.18. The molecule has 0 radical (unpaired) electrons. The number of fused-ring (bicyclic) bond motifs is 1. The zero-order valence-electron chi connectivity index (χ0n) is 13.2. The first-order chi connectivity index (χ1) is 12.1. The molecule has 3 N–H and O–H groups in total. The average Bonchev–Trinajstić information content (AvgIpc) is 3.07. The first-order valence-corrected chi connectivity index (χ1v) is 7.41. The molecule has 0 atom stereocenters. The molecule has 0 unspecified atom stereocenters. The van der Waals surface area contributed by atoms with Gasteiger partial charge in [-0.1, -0.05) is 36.3 Å². The smallest absolute Gasteiger partial charge is 0.348 e. The maximum Gasteiger partial charge on any atom is 0.348 e. The fourth-order valence-electron chi connectivity index (χ4n) is 2.30. The topological polar surface area (TPSA) is 116 Å². The Kier molecular flexibility index (Phi) is 4.43. The van der Waals surface area contributed by atoms with E-state index in [4.69, 9.17) is 12.2 Å². The minimum absolute atomic E-state index is 0.0468. The number of nitrogens with zero attached hydrogens (tertiary/aromatic N) is 5. The highest BCUT2D eigenvalue weighted by molar-refractivity contribution is 6.69. The van der Waals surface area contributed by atoms with Gasteiger partial charge in [-0.3, -0.25) is 19.7 Å². The zero-order valence-corrected chi connectivity index (χ0v) is 13.2. The molecule has 2 heterocycles. The normalized spacial score (nSPS) is 16.6. The van der Waals surface area contributed by atoms with Gasteiger partial charge in [-0.15, -0.1) is 11.5 Å². The number of amidine groups is 2. The highest BCUT2D eigenvalue weighted by atomic mass is 16.2. The van der Waals surface area contributed by atoms with Gasteiger partial charge in [0, 0.05) is 5.56 Å². The van der Waals surface area contributed by atoms with Crippen LogP contribution in [0.5, 0.6) is 0 Å². The van der Waals surface area contributed by atoms with E-state index in [1.807, 2.05) is 6.07 Å². The van der Waals surface area contributed by atoms with Gasteiger partial charge >= 0.3 is 6.03 Å². The van der Waals surface area contributed by atoms with Gasteiger partial charge in [-0.2, -0.15) is 0 Å². The zero-order chi connectivity index (χ0) is 17.8. The molecule has 2 amide bonds. The molecule has 0 aliphatic carbocycles. The Labute approximate surface area is 143 Å². The standard InChI is InChI=1S/C16H15N7O2/c1-2-8-23-16(25)22-10-19-13(15(22)20-21-23)14(17)18-9-12(24)11-6-4-3-5-7-11/h1,3-7,21H,8-10H2,(H2,17,18). The predicted octanol–water partition coefficient (Wildman–Crippen LogP) is -0.172. The Morgan fingerprint density at radius 3 is 2.88 bits per heavy atom. The third kappa shape index (κ3) is 3.18. The lowest BCUT2D eigenvalue weighted by molar-refractivity contribution is 0.100. The molecule has 0 saturated heterocycles. The van der Waals surface area contributed by atoms with Crippen LogP contribution in [0, 0.1) is 12.3 Å². The second-order valence-electron chi connectivity index (χ2n) is 5.18. The van der Waals surface area contributed by atoms with E-state index in [2.05, 4.69) is 26.5 Å². The fourth-order valence-corrected chi connectivity index (χ4v) is 2.30. The van der Waals surface area contributed by atoms with Crippen molar-refractivity contribution >= 4 is 29.2 Å². The molecule has 25 heavy (non-hydrogen) atoms. The van der Waals surface area contributed by atoms with Crippen LogP contribution in [0.3, 0.4) is 0 Å². The first kappa shape index (κ1) is 16.2. The van der Waals surface area contributed by atoms with Crippen molar-refractivity contribution in [3.05, 3.63) is 35.9 Å². The number of ketones is 1. The van der Waals surface area contributed by atoms with E-state index in [9.17, 15) is 9.59 Å². The highest BCUT2D eigenvalue weighted by Crippen LogP contribution is 2.12. The Hall–Kier alpha value is -3.67. The van der Waals surface area contributed by atoms with Crippen LogP contribution in [0.15, 0.2) is 45.4 Å². The summed E-state index contributed by atoms with van der Waals surface area (Å²) in [6.45, 7) is 0.0158. The summed E-state index contributed by atoms with van der Waals surface area (Å²) in [4.78, 5) is 33.9. The van der Waals surface area contributed by atoms with Crippen LogP contribution >= 0.6 is 0 Å². The number of hydrogen-bond acceptors (Lipinski definition) is 6. The number of nitrogens with one attached hydrogen (secondary N) is 1. The quantitative estimate of drug-likeness (QED) is 0.336. The van der Waals surface area contributed by atoms with Crippen LogP contribution in [0.1, 0.15) is 10.4 Å². The molecule has 2 aliphatic heterocycles. The Bertz CT molecular complexity index is 836. The number of aliphatic imine (C=N–C) groups is 2. The SMILES string of the molecule is C#CCN1NN=C2C(C(N)=NCC(=O)c3ccccc3)=NCN2C1=O. The van der Waals surface area contributed by atoms with Crippen molar-refractivity contribution in [2.24, 2.45) is 20.8 Å². The molecule has 0 saturated carbocycles. The average molecular weight is 337 g/mol. The van der Waals surface area contributed by atoms with Gasteiger partial charge in [0.1, 0.15) is 31.3 Å². The van der Waals surface area contributed by atoms with E-state index >= 15 is 0 Å². The molecule has 0 spiro atoms. The minimum Gasteiger partial charge on any atom is -0.382 e. The number of amides is 2. The van der Waals surface area contributed by atoms with E-state index in [1.165, 1.54) is 9.91 Å². The lowest BCUT2D eigenvalue weighted by Crippen LogP contribution is -2.56. The van der Waals surface area contributed by atoms with Crippen molar-refractivity contribution in [3.8, 4) is 12.3 Å². The van der Waals surface area contributed by atoms with Gasteiger partial charge in [0.05, 0.1) is 0 Å². The van der Waals surface area contributed by atoms with Gasteiger partial charge in [0.2, 0.25) is 0 Å². The van der Waals surface area contributed by atoms with Gasteiger partial charge in [-0.25, -0.2) is 15.3 Å². The molecular weight excluding hydrogens is 322 g/mol. The molecule has 1 aromatic carbocycles. The molecule has 0 aromatic heterocycles. The number of carbonyl (C=O) groups excluding carboxylic acids is 2. The number of benzene rings is 1. The van der Waals surface area contributed by atoms with Crippen LogP contribution in [0.4, 0.5) is 4.79 Å². The number of hydrogen-bond donors (Lipinski definition) is 2. The summed E-state index contributed by atoms with van der Waals surface area (Å²) in [5, 5.41) is 5.23. The molecular formula is C16H15N7O2. The van der Waals surface area contributed by atoms with Crippen LogP contribution < -0.4 is 11.3 Å². The lowest BCUT2D eigenvalue weighted by atomic mass is 10.1. The lowest BCUT2D eigenvalue weighted by Gasteiger charge is -2.29. The Morgan fingerprint density at radius 1 is 1.40 bits per heavy atom.